The first kappa shape index (κ1) is 17.7. The first-order valence-corrected chi connectivity index (χ1v) is 11.5. The predicted octanol–water partition coefficient (Wildman–Crippen LogP) is 5.40. The molecule has 0 aliphatic heterocycles. The van der Waals surface area contributed by atoms with E-state index in [1.807, 2.05) is 0 Å². The van der Waals surface area contributed by atoms with E-state index in [9.17, 15) is 5.11 Å². The summed E-state index contributed by atoms with van der Waals surface area (Å²) in [4.78, 5) is 0. The van der Waals surface area contributed by atoms with Crippen molar-refractivity contribution >= 4 is 8.07 Å². The minimum Gasteiger partial charge on any atom is -0.393 e. The molecule has 0 heterocycles. The van der Waals surface area contributed by atoms with Crippen LogP contribution in [0.15, 0.2) is 23.3 Å². The van der Waals surface area contributed by atoms with Gasteiger partial charge < -0.3 is 5.11 Å². The van der Waals surface area contributed by atoms with Crippen molar-refractivity contribution in [3.63, 3.8) is 0 Å². The average molecular weight is 295 g/mol. The summed E-state index contributed by atoms with van der Waals surface area (Å²) < 4.78 is 0. The van der Waals surface area contributed by atoms with Gasteiger partial charge in [0.2, 0.25) is 0 Å². The summed E-state index contributed by atoms with van der Waals surface area (Å²) in [5.41, 5.74) is 3.56. The third-order valence-electron chi connectivity index (χ3n) is 5.11. The molecular formula is C18H34OSi. The molecule has 1 saturated carbocycles. The molecule has 0 radical (unpaired) electrons. The van der Waals surface area contributed by atoms with E-state index >= 15 is 0 Å². The van der Waals surface area contributed by atoms with Gasteiger partial charge in [-0.1, -0.05) is 56.8 Å². The Kier molecular flexibility index (Phi) is 5.48. The van der Waals surface area contributed by atoms with Crippen LogP contribution in [0.2, 0.25) is 25.2 Å². The molecule has 0 aromatic heterocycles. The van der Waals surface area contributed by atoms with Crippen LogP contribution in [-0.4, -0.2) is 19.3 Å². The Morgan fingerprint density at radius 3 is 2.15 bits per heavy atom. The quantitative estimate of drug-likeness (QED) is 0.543. The predicted molar refractivity (Wildman–Crippen MR) is 92.8 cm³/mol. The largest absolute Gasteiger partial charge is 0.393 e. The Labute approximate surface area is 127 Å². The van der Waals surface area contributed by atoms with Crippen LogP contribution in [0, 0.1) is 11.3 Å². The molecule has 1 nitrogen and oxygen atoms in total. The Balaban J connectivity index is 3.05. The standard InChI is InChI=1S/C18H34OSi/c1-13(2)10-9-11-14(3)17-15(20(6,7)8)12-16(19)18(17,4)5/h10-11,15-17,19H,9,12H2,1-8H3/b14-11+. The molecule has 3 atom stereocenters. The van der Waals surface area contributed by atoms with Gasteiger partial charge in [0, 0.05) is 8.07 Å². The molecule has 1 fully saturated rings. The van der Waals surface area contributed by atoms with Crippen LogP contribution in [0.4, 0.5) is 0 Å². The zero-order valence-corrected chi connectivity index (χ0v) is 15.7. The van der Waals surface area contributed by atoms with Crippen LogP contribution in [-0.2, 0) is 0 Å². The van der Waals surface area contributed by atoms with Crippen molar-refractivity contribution in [2.75, 3.05) is 0 Å². The summed E-state index contributed by atoms with van der Waals surface area (Å²) in [5.74, 6) is 0.537. The summed E-state index contributed by atoms with van der Waals surface area (Å²) in [6.07, 6.45) is 6.52. The molecule has 0 amide bonds. The van der Waals surface area contributed by atoms with Crippen LogP contribution in [0.5, 0.6) is 0 Å². The highest BCUT2D eigenvalue weighted by Gasteiger charge is 2.52. The van der Waals surface area contributed by atoms with Crippen molar-refractivity contribution in [3.05, 3.63) is 23.3 Å². The van der Waals surface area contributed by atoms with Crippen LogP contribution in [0.3, 0.4) is 0 Å². The van der Waals surface area contributed by atoms with Crippen molar-refractivity contribution < 1.29 is 5.11 Å². The van der Waals surface area contributed by atoms with E-state index in [4.69, 9.17) is 0 Å². The summed E-state index contributed by atoms with van der Waals surface area (Å²) in [6, 6.07) is 0. The normalized spacial score (nSPS) is 30.4. The van der Waals surface area contributed by atoms with Gasteiger partial charge in [0.25, 0.3) is 0 Å². The third-order valence-corrected chi connectivity index (χ3v) is 7.90. The molecule has 0 saturated heterocycles. The SMILES string of the molecule is CC(C)=CC/C=C(\C)C1C([Si](C)(C)C)CC(O)C1(C)C. The fourth-order valence-corrected chi connectivity index (χ4v) is 6.39. The van der Waals surface area contributed by atoms with Gasteiger partial charge in [-0.2, -0.15) is 0 Å². The minimum absolute atomic E-state index is 0.0104. The average Bonchev–Trinajstić information content (AvgIpc) is 2.49. The number of hydrogen-bond acceptors (Lipinski definition) is 1. The molecule has 1 aliphatic rings. The fraction of sp³-hybridized carbons (Fsp3) is 0.778. The maximum absolute atomic E-state index is 10.5. The van der Waals surface area contributed by atoms with E-state index < -0.39 is 8.07 Å². The zero-order valence-electron chi connectivity index (χ0n) is 14.7. The van der Waals surface area contributed by atoms with Gasteiger partial charge in [0.1, 0.15) is 0 Å². The molecular weight excluding hydrogens is 260 g/mol. The van der Waals surface area contributed by atoms with Crippen molar-refractivity contribution in [2.45, 2.75) is 78.7 Å². The summed E-state index contributed by atoms with van der Waals surface area (Å²) in [7, 11) is -1.26. The molecule has 0 aromatic rings. The van der Waals surface area contributed by atoms with Gasteiger partial charge >= 0.3 is 0 Å². The molecule has 0 spiro atoms. The van der Waals surface area contributed by atoms with Crippen molar-refractivity contribution in [3.8, 4) is 0 Å². The summed E-state index contributed by atoms with van der Waals surface area (Å²) >= 11 is 0. The van der Waals surface area contributed by atoms with Gasteiger partial charge in [-0.15, -0.1) is 0 Å². The summed E-state index contributed by atoms with van der Waals surface area (Å²) in [6.45, 7) is 18.4. The lowest BCUT2D eigenvalue weighted by atomic mass is 9.76. The third kappa shape index (κ3) is 3.85. The highest BCUT2D eigenvalue weighted by atomic mass is 28.3. The number of aliphatic hydroxyl groups excluding tert-OH is 1. The molecule has 3 unspecified atom stereocenters. The molecule has 1 aliphatic carbocycles. The van der Waals surface area contributed by atoms with E-state index in [2.05, 4.69) is 66.4 Å². The summed E-state index contributed by atoms with van der Waals surface area (Å²) in [5, 5.41) is 10.5. The van der Waals surface area contributed by atoms with E-state index in [-0.39, 0.29) is 11.5 Å². The lowest BCUT2D eigenvalue weighted by molar-refractivity contribution is 0.0625. The fourth-order valence-electron chi connectivity index (χ4n) is 3.77. The zero-order chi connectivity index (χ0) is 15.7. The van der Waals surface area contributed by atoms with Crippen LogP contribution < -0.4 is 0 Å². The van der Waals surface area contributed by atoms with Crippen LogP contribution in [0.25, 0.3) is 0 Å². The molecule has 20 heavy (non-hydrogen) atoms. The molecule has 2 heteroatoms. The molecule has 1 rings (SSSR count). The maximum Gasteiger partial charge on any atom is 0.0597 e. The first-order valence-electron chi connectivity index (χ1n) is 7.96. The van der Waals surface area contributed by atoms with Gasteiger partial charge in [0.15, 0.2) is 0 Å². The van der Waals surface area contributed by atoms with Crippen LogP contribution >= 0.6 is 0 Å². The number of hydrogen-bond donors (Lipinski definition) is 1. The lowest BCUT2D eigenvalue weighted by Gasteiger charge is -2.37. The lowest BCUT2D eigenvalue weighted by Crippen LogP contribution is -2.35. The molecule has 0 aromatic carbocycles. The highest BCUT2D eigenvalue weighted by molar-refractivity contribution is 6.77. The number of rotatable bonds is 4. The van der Waals surface area contributed by atoms with E-state index in [0.717, 1.165) is 12.8 Å². The second kappa shape index (κ2) is 6.19. The second-order valence-electron chi connectivity index (χ2n) is 8.49. The monoisotopic (exact) mass is 294 g/mol. The first-order chi connectivity index (χ1) is 8.98. The van der Waals surface area contributed by atoms with Gasteiger partial charge in [0.05, 0.1) is 6.10 Å². The van der Waals surface area contributed by atoms with Crippen molar-refractivity contribution in [1.82, 2.24) is 0 Å². The van der Waals surface area contributed by atoms with Gasteiger partial charge in [-0.25, -0.2) is 0 Å². The highest BCUT2D eigenvalue weighted by Crippen LogP contribution is 2.56. The second-order valence-corrected chi connectivity index (χ2v) is 14.0. The minimum atomic E-state index is -1.26. The Morgan fingerprint density at radius 2 is 1.70 bits per heavy atom. The molecule has 116 valence electrons. The maximum atomic E-state index is 10.5. The van der Waals surface area contributed by atoms with Crippen molar-refractivity contribution in [1.29, 1.82) is 0 Å². The Hall–Kier alpha value is -0.343. The molecule has 0 bridgehead atoms. The van der Waals surface area contributed by atoms with Crippen molar-refractivity contribution in [2.24, 2.45) is 11.3 Å². The number of allylic oxidation sites excluding steroid dienone is 4. The van der Waals surface area contributed by atoms with E-state index in [1.54, 1.807) is 0 Å². The Morgan fingerprint density at radius 1 is 1.15 bits per heavy atom. The van der Waals surface area contributed by atoms with Gasteiger partial charge in [-0.05, 0) is 50.5 Å². The number of aliphatic hydroxyl groups is 1. The Bertz CT molecular complexity index is 394. The molecule has 1 N–H and O–H groups in total. The van der Waals surface area contributed by atoms with E-state index in [1.165, 1.54) is 11.1 Å². The van der Waals surface area contributed by atoms with E-state index in [0.29, 0.717) is 11.5 Å². The van der Waals surface area contributed by atoms with Crippen LogP contribution in [0.1, 0.15) is 47.5 Å². The topological polar surface area (TPSA) is 20.2 Å². The smallest absolute Gasteiger partial charge is 0.0597 e. The van der Waals surface area contributed by atoms with Gasteiger partial charge in [-0.3, -0.25) is 0 Å².